The van der Waals surface area contributed by atoms with Crippen LogP contribution in [0.15, 0.2) is 42.5 Å². The summed E-state index contributed by atoms with van der Waals surface area (Å²) in [6.45, 7) is 4.06. The molecule has 2 rings (SSSR count). The summed E-state index contributed by atoms with van der Waals surface area (Å²) < 4.78 is 18.2. The average molecular weight is 287 g/mol. The zero-order valence-electron chi connectivity index (χ0n) is 12.8. The largest absolute Gasteiger partial charge is 0.497 e. The second kappa shape index (κ2) is 7.11. The molecule has 0 heterocycles. The number of halogens is 1. The van der Waals surface area contributed by atoms with Crippen molar-refractivity contribution < 1.29 is 9.13 Å². The van der Waals surface area contributed by atoms with E-state index in [-0.39, 0.29) is 5.82 Å². The maximum atomic E-state index is 13.1. The Kier molecular flexibility index (Phi) is 5.20. The first-order valence-corrected chi connectivity index (χ1v) is 7.24. The van der Waals surface area contributed by atoms with Crippen LogP contribution < -0.4 is 10.1 Å². The summed E-state index contributed by atoms with van der Waals surface area (Å²) in [5, 5.41) is 3.44. The molecule has 0 spiro atoms. The van der Waals surface area contributed by atoms with Crippen LogP contribution in [-0.4, -0.2) is 13.2 Å². The Balaban J connectivity index is 1.87. The highest BCUT2D eigenvalue weighted by molar-refractivity contribution is 5.51. The molecule has 1 N–H and O–H groups in total. The fourth-order valence-electron chi connectivity index (χ4n) is 2.30. The van der Waals surface area contributed by atoms with E-state index >= 15 is 0 Å². The Labute approximate surface area is 126 Å². The molecule has 0 aromatic heterocycles. The van der Waals surface area contributed by atoms with Crippen molar-refractivity contribution in [2.75, 3.05) is 12.4 Å². The molecule has 1 unspecified atom stereocenters. The molecule has 0 aliphatic heterocycles. The van der Waals surface area contributed by atoms with Crippen LogP contribution >= 0.6 is 0 Å². The van der Waals surface area contributed by atoms with Crippen molar-refractivity contribution in [3.8, 4) is 5.75 Å². The molecule has 0 aliphatic rings. The highest BCUT2D eigenvalue weighted by Gasteiger charge is 2.06. The molecular formula is C18H22FNO. The van der Waals surface area contributed by atoms with E-state index in [1.54, 1.807) is 19.2 Å². The molecule has 0 saturated carbocycles. The van der Waals surface area contributed by atoms with Gasteiger partial charge in [-0.1, -0.05) is 12.1 Å². The molecule has 0 bridgehead atoms. The molecule has 3 heteroatoms. The molecular weight excluding hydrogens is 265 g/mol. The minimum Gasteiger partial charge on any atom is -0.497 e. The molecule has 2 aromatic rings. The first kappa shape index (κ1) is 15.4. The summed E-state index contributed by atoms with van der Waals surface area (Å²) in [5.41, 5.74) is 3.23. The lowest BCUT2D eigenvalue weighted by Crippen LogP contribution is -2.16. The van der Waals surface area contributed by atoms with Crippen molar-refractivity contribution in [2.24, 2.45) is 0 Å². The van der Waals surface area contributed by atoms with E-state index in [9.17, 15) is 4.39 Å². The van der Waals surface area contributed by atoms with Crippen molar-refractivity contribution in [2.45, 2.75) is 32.7 Å². The number of methoxy groups -OCH3 is 1. The zero-order chi connectivity index (χ0) is 15.2. The number of ether oxygens (including phenoxy) is 1. The second-order valence-electron chi connectivity index (χ2n) is 5.39. The molecule has 1 atom stereocenters. The number of rotatable bonds is 6. The summed E-state index contributed by atoms with van der Waals surface area (Å²) in [6, 6.07) is 13.3. The zero-order valence-corrected chi connectivity index (χ0v) is 12.8. The topological polar surface area (TPSA) is 21.3 Å². The van der Waals surface area contributed by atoms with Gasteiger partial charge < -0.3 is 10.1 Å². The van der Waals surface area contributed by atoms with Crippen LogP contribution in [0.5, 0.6) is 5.75 Å². The van der Waals surface area contributed by atoms with Gasteiger partial charge in [-0.25, -0.2) is 4.39 Å². The van der Waals surface area contributed by atoms with Gasteiger partial charge >= 0.3 is 0 Å². The van der Waals surface area contributed by atoms with Gasteiger partial charge in [0.1, 0.15) is 11.6 Å². The van der Waals surface area contributed by atoms with Crippen molar-refractivity contribution in [3.63, 3.8) is 0 Å². The van der Waals surface area contributed by atoms with Gasteiger partial charge in [-0.05, 0) is 68.1 Å². The lowest BCUT2D eigenvalue weighted by atomic mass is 10.1. The van der Waals surface area contributed by atoms with Crippen LogP contribution in [0.1, 0.15) is 24.5 Å². The number of hydrogen-bond acceptors (Lipinski definition) is 2. The summed E-state index contributed by atoms with van der Waals surface area (Å²) in [6.07, 6.45) is 2.02. The number of benzene rings is 2. The lowest BCUT2D eigenvalue weighted by molar-refractivity contribution is 0.414. The number of nitrogens with one attached hydrogen (secondary N) is 1. The number of anilines is 1. The molecule has 112 valence electrons. The second-order valence-corrected chi connectivity index (χ2v) is 5.39. The maximum Gasteiger partial charge on any atom is 0.123 e. The van der Waals surface area contributed by atoms with Gasteiger partial charge in [0.05, 0.1) is 7.11 Å². The standard InChI is InChI=1S/C18H22FNO/c1-13-12-16(19)8-11-18(13)20-14(2)4-5-15-6-9-17(21-3)10-7-15/h6-12,14,20H,4-5H2,1-3H3. The number of aryl methyl sites for hydroxylation is 2. The van der Waals surface area contributed by atoms with Crippen LogP contribution in [0.3, 0.4) is 0 Å². The molecule has 21 heavy (non-hydrogen) atoms. The first-order valence-electron chi connectivity index (χ1n) is 7.24. The summed E-state index contributed by atoms with van der Waals surface area (Å²) in [5.74, 6) is 0.691. The fourth-order valence-corrected chi connectivity index (χ4v) is 2.30. The average Bonchev–Trinajstić information content (AvgIpc) is 2.48. The van der Waals surface area contributed by atoms with Gasteiger partial charge in [0.2, 0.25) is 0 Å². The third-order valence-corrected chi connectivity index (χ3v) is 3.62. The molecule has 2 nitrogen and oxygen atoms in total. The van der Waals surface area contributed by atoms with Crippen LogP contribution in [0.4, 0.5) is 10.1 Å². The number of hydrogen-bond donors (Lipinski definition) is 1. The van der Waals surface area contributed by atoms with Crippen molar-refractivity contribution in [1.82, 2.24) is 0 Å². The summed E-state index contributed by atoms with van der Waals surface area (Å²) in [4.78, 5) is 0. The Morgan fingerprint density at radius 2 is 1.86 bits per heavy atom. The van der Waals surface area contributed by atoms with Crippen LogP contribution in [0, 0.1) is 12.7 Å². The van der Waals surface area contributed by atoms with E-state index in [1.165, 1.54) is 11.6 Å². The van der Waals surface area contributed by atoms with Gasteiger partial charge in [-0.2, -0.15) is 0 Å². The SMILES string of the molecule is COc1ccc(CCC(C)Nc2ccc(F)cc2C)cc1. The lowest BCUT2D eigenvalue weighted by Gasteiger charge is -2.17. The van der Waals surface area contributed by atoms with Gasteiger partial charge in [0.25, 0.3) is 0 Å². The Morgan fingerprint density at radius 1 is 1.14 bits per heavy atom. The summed E-state index contributed by atoms with van der Waals surface area (Å²) in [7, 11) is 1.67. The van der Waals surface area contributed by atoms with E-state index in [0.717, 1.165) is 29.8 Å². The summed E-state index contributed by atoms with van der Waals surface area (Å²) >= 11 is 0. The molecule has 0 amide bonds. The molecule has 0 radical (unpaired) electrons. The molecule has 0 saturated heterocycles. The van der Waals surface area contributed by atoms with E-state index in [0.29, 0.717) is 6.04 Å². The van der Waals surface area contributed by atoms with Gasteiger partial charge in [0.15, 0.2) is 0 Å². The normalized spacial score (nSPS) is 12.0. The van der Waals surface area contributed by atoms with E-state index in [2.05, 4.69) is 24.4 Å². The maximum absolute atomic E-state index is 13.1. The van der Waals surface area contributed by atoms with Crippen molar-refractivity contribution in [3.05, 3.63) is 59.4 Å². The van der Waals surface area contributed by atoms with Crippen LogP contribution in [-0.2, 0) is 6.42 Å². The Morgan fingerprint density at radius 3 is 2.48 bits per heavy atom. The van der Waals surface area contributed by atoms with E-state index in [4.69, 9.17) is 4.74 Å². The van der Waals surface area contributed by atoms with Gasteiger partial charge in [0, 0.05) is 11.7 Å². The highest BCUT2D eigenvalue weighted by atomic mass is 19.1. The minimum atomic E-state index is -0.191. The van der Waals surface area contributed by atoms with E-state index in [1.807, 2.05) is 19.1 Å². The molecule has 0 fully saturated rings. The monoisotopic (exact) mass is 287 g/mol. The van der Waals surface area contributed by atoms with Crippen LogP contribution in [0.2, 0.25) is 0 Å². The van der Waals surface area contributed by atoms with Crippen molar-refractivity contribution in [1.29, 1.82) is 0 Å². The Hall–Kier alpha value is -2.03. The fraction of sp³-hybridized carbons (Fsp3) is 0.333. The highest BCUT2D eigenvalue weighted by Crippen LogP contribution is 2.18. The quantitative estimate of drug-likeness (QED) is 0.840. The van der Waals surface area contributed by atoms with Gasteiger partial charge in [-0.15, -0.1) is 0 Å². The smallest absolute Gasteiger partial charge is 0.123 e. The third-order valence-electron chi connectivity index (χ3n) is 3.62. The minimum absolute atomic E-state index is 0.191. The predicted molar refractivity (Wildman–Crippen MR) is 85.5 cm³/mol. The van der Waals surface area contributed by atoms with Gasteiger partial charge in [-0.3, -0.25) is 0 Å². The third kappa shape index (κ3) is 4.48. The van der Waals surface area contributed by atoms with Crippen LogP contribution in [0.25, 0.3) is 0 Å². The predicted octanol–water partition coefficient (Wildman–Crippen LogP) is 4.58. The molecule has 0 aliphatic carbocycles. The Bertz CT molecular complexity index is 580. The van der Waals surface area contributed by atoms with E-state index < -0.39 is 0 Å². The van der Waals surface area contributed by atoms with Crippen molar-refractivity contribution >= 4 is 5.69 Å². The molecule has 2 aromatic carbocycles. The first-order chi connectivity index (χ1) is 10.1.